The Bertz CT molecular complexity index is 431. The fourth-order valence-corrected chi connectivity index (χ4v) is 2.19. The molecule has 1 heterocycles. The van der Waals surface area contributed by atoms with Gasteiger partial charge in [-0.3, -0.25) is 10.1 Å². The Morgan fingerprint density at radius 1 is 1.53 bits per heavy atom. The van der Waals surface area contributed by atoms with Crippen LogP contribution in [0.5, 0.6) is 0 Å². The Morgan fingerprint density at radius 3 is 3.00 bits per heavy atom. The van der Waals surface area contributed by atoms with Crippen LogP contribution in [-0.4, -0.2) is 25.7 Å². The van der Waals surface area contributed by atoms with Crippen molar-refractivity contribution in [2.45, 2.75) is 25.9 Å². The van der Waals surface area contributed by atoms with Gasteiger partial charge in [-0.05, 0) is 19.4 Å². The first kappa shape index (κ1) is 12.1. The summed E-state index contributed by atoms with van der Waals surface area (Å²) >= 11 is 0. The van der Waals surface area contributed by atoms with E-state index < -0.39 is 0 Å². The number of hydrogen-bond acceptors (Lipinski definition) is 3. The lowest BCUT2D eigenvalue weighted by Crippen LogP contribution is -2.37. The number of rotatable bonds is 4. The lowest BCUT2D eigenvalue weighted by atomic mass is 10.0. The molecule has 1 aromatic carbocycles. The van der Waals surface area contributed by atoms with E-state index >= 15 is 0 Å². The van der Waals surface area contributed by atoms with Crippen LogP contribution in [0.4, 0.5) is 5.69 Å². The molecular weight excluding hydrogens is 216 g/mol. The van der Waals surface area contributed by atoms with Gasteiger partial charge in [0.25, 0.3) is 0 Å². The largest absolute Gasteiger partial charge is 0.383 e. The molecule has 4 heteroatoms. The Balaban J connectivity index is 2.20. The Kier molecular flexibility index (Phi) is 3.45. The third kappa shape index (κ3) is 2.33. The minimum Gasteiger partial charge on any atom is -0.383 e. The first-order valence-corrected chi connectivity index (χ1v) is 5.79. The topological polar surface area (TPSA) is 50.4 Å². The molecule has 0 saturated carbocycles. The number of carbonyl (C=O) groups excluding carboxylic acids is 1. The zero-order chi connectivity index (χ0) is 12.4. The number of amides is 1. The number of methoxy groups -OCH3 is 1. The van der Waals surface area contributed by atoms with Crippen LogP contribution in [-0.2, 0) is 9.53 Å². The number of anilines is 1. The van der Waals surface area contributed by atoms with Crippen molar-refractivity contribution in [1.82, 2.24) is 5.32 Å². The number of fused-ring (bicyclic) bond motifs is 1. The molecule has 4 nitrogen and oxygen atoms in total. The summed E-state index contributed by atoms with van der Waals surface area (Å²) in [6, 6.07) is 5.83. The van der Waals surface area contributed by atoms with Gasteiger partial charge in [0.2, 0.25) is 5.91 Å². The number of ether oxygens (including phenoxy) is 1. The summed E-state index contributed by atoms with van der Waals surface area (Å²) in [5.41, 5.74) is 3.07. The number of nitrogens with one attached hydrogen (secondary N) is 2. The highest BCUT2D eigenvalue weighted by atomic mass is 16.5. The first-order valence-electron chi connectivity index (χ1n) is 5.79. The van der Waals surface area contributed by atoms with E-state index in [4.69, 9.17) is 4.74 Å². The van der Waals surface area contributed by atoms with Gasteiger partial charge >= 0.3 is 0 Å². The molecule has 0 spiro atoms. The molecule has 2 atom stereocenters. The second kappa shape index (κ2) is 4.85. The van der Waals surface area contributed by atoms with Crippen LogP contribution >= 0.6 is 0 Å². The SMILES string of the molecule is COCC(C)NC1C(=O)Nc2c(C)cccc21. The van der Waals surface area contributed by atoms with Gasteiger partial charge in [0.1, 0.15) is 6.04 Å². The number of para-hydroxylation sites is 1. The predicted molar refractivity (Wildman–Crippen MR) is 67.0 cm³/mol. The lowest BCUT2D eigenvalue weighted by Gasteiger charge is -2.17. The highest BCUT2D eigenvalue weighted by Crippen LogP contribution is 2.33. The van der Waals surface area contributed by atoms with Gasteiger partial charge in [-0.1, -0.05) is 18.2 Å². The molecule has 92 valence electrons. The molecule has 2 unspecified atom stereocenters. The molecule has 0 fully saturated rings. The fraction of sp³-hybridized carbons (Fsp3) is 0.462. The fourth-order valence-electron chi connectivity index (χ4n) is 2.19. The van der Waals surface area contributed by atoms with Gasteiger partial charge in [0.05, 0.1) is 6.61 Å². The number of hydrogen-bond donors (Lipinski definition) is 2. The Labute approximate surface area is 101 Å². The molecule has 2 rings (SSSR count). The maximum Gasteiger partial charge on any atom is 0.246 e. The van der Waals surface area contributed by atoms with Gasteiger partial charge in [0, 0.05) is 24.4 Å². The zero-order valence-corrected chi connectivity index (χ0v) is 10.4. The highest BCUT2D eigenvalue weighted by Gasteiger charge is 2.31. The minimum atomic E-state index is -0.268. The monoisotopic (exact) mass is 234 g/mol. The first-order chi connectivity index (χ1) is 8.13. The van der Waals surface area contributed by atoms with Gasteiger partial charge in [0.15, 0.2) is 0 Å². The van der Waals surface area contributed by atoms with Crippen LogP contribution in [0.2, 0.25) is 0 Å². The van der Waals surface area contributed by atoms with Gasteiger partial charge in [-0.2, -0.15) is 0 Å². The van der Waals surface area contributed by atoms with Crippen LogP contribution in [0, 0.1) is 6.92 Å². The van der Waals surface area contributed by atoms with Crippen LogP contribution in [0.15, 0.2) is 18.2 Å². The average molecular weight is 234 g/mol. The predicted octanol–water partition coefficient (Wildman–Crippen LogP) is 1.61. The zero-order valence-electron chi connectivity index (χ0n) is 10.4. The summed E-state index contributed by atoms with van der Waals surface area (Å²) < 4.78 is 5.07. The lowest BCUT2D eigenvalue weighted by molar-refractivity contribution is -0.117. The molecule has 0 aliphatic carbocycles. The quantitative estimate of drug-likeness (QED) is 0.832. The van der Waals surface area contributed by atoms with E-state index in [9.17, 15) is 4.79 Å². The van der Waals surface area contributed by atoms with Crippen molar-refractivity contribution in [2.75, 3.05) is 19.0 Å². The van der Waals surface area contributed by atoms with Crippen molar-refractivity contribution in [1.29, 1.82) is 0 Å². The molecule has 1 aliphatic rings. The van der Waals surface area contributed by atoms with E-state index in [0.717, 1.165) is 16.8 Å². The van der Waals surface area contributed by atoms with Crippen molar-refractivity contribution in [2.24, 2.45) is 0 Å². The van der Waals surface area contributed by atoms with E-state index in [-0.39, 0.29) is 18.0 Å². The number of carbonyl (C=O) groups is 1. The summed E-state index contributed by atoms with van der Waals surface area (Å²) in [6.45, 7) is 4.59. The molecular formula is C13H18N2O2. The molecule has 1 amide bonds. The molecule has 1 aliphatic heterocycles. The summed E-state index contributed by atoms with van der Waals surface area (Å²) in [6.07, 6.45) is 0. The van der Waals surface area contributed by atoms with Gasteiger partial charge in [-0.15, -0.1) is 0 Å². The number of aryl methyl sites for hydroxylation is 1. The van der Waals surface area contributed by atoms with Crippen LogP contribution in [0.25, 0.3) is 0 Å². The van der Waals surface area contributed by atoms with Crippen LogP contribution in [0.3, 0.4) is 0 Å². The third-order valence-corrected chi connectivity index (χ3v) is 2.99. The Hall–Kier alpha value is -1.39. The second-order valence-electron chi connectivity index (χ2n) is 4.48. The summed E-state index contributed by atoms with van der Waals surface area (Å²) in [5, 5.41) is 6.20. The van der Waals surface area contributed by atoms with E-state index in [1.165, 1.54) is 0 Å². The van der Waals surface area contributed by atoms with E-state index in [2.05, 4.69) is 10.6 Å². The normalized spacial score (nSPS) is 19.9. The summed E-state index contributed by atoms with van der Waals surface area (Å²) in [7, 11) is 1.66. The summed E-state index contributed by atoms with van der Waals surface area (Å²) in [4.78, 5) is 11.9. The van der Waals surface area contributed by atoms with E-state index in [1.807, 2.05) is 32.0 Å². The van der Waals surface area contributed by atoms with Crippen molar-refractivity contribution in [3.05, 3.63) is 29.3 Å². The highest BCUT2D eigenvalue weighted by molar-refractivity contribution is 6.03. The average Bonchev–Trinajstić information content (AvgIpc) is 2.58. The van der Waals surface area contributed by atoms with Crippen molar-refractivity contribution in [3.63, 3.8) is 0 Å². The van der Waals surface area contributed by atoms with Crippen molar-refractivity contribution >= 4 is 11.6 Å². The second-order valence-corrected chi connectivity index (χ2v) is 4.48. The van der Waals surface area contributed by atoms with E-state index in [0.29, 0.717) is 6.61 Å². The minimum absolute atomic E-state index is 0.0113. The number of benzene rings is 1. The summed E-state index contributed by atoms with van der Waals surface area (Å²) in [5.74, 6) is 0.0113. The molecule has 0 bridgehead atoms. The third-order valence-electron chi connectivity index (χ3n) is 2.99. The molecule has 17 heavy (non-hydrogen) atoms. The molecule has 2 N–H and O–H groups in total. The van der Waals surface area contributed by atoms with Crippen LogP contribution in [0.1, 0.15) is 24.1 Å². The van der Waals surface area contributed by atoms with E-state index in [1.54, 1.807) is 7.11 Å². The Morgan fingerprint density at radius 2 is 2.29 bits per heavy atom. The smallest absolute Gasteiger partial charge is 0.246 e. The molecule has 0 saturated heterocycles. The van der Waals surface area contributed by atoms with Crippen LogP contribution < -0.4 is 10.6 Å². The maximum absolute atomic E-state index is 11.9. The molecule has 0 aromatic heterocycles. The maximum atomic E-state index is 11.9. The standard InChI is InChI=1S/C13H18N2O2/c1-8-5-4-6-10-11(8)15-13(16)12(10)14-9(2)7-17-3/h4-6,9,12,14H,7H2,1-3H3,(H,15,16). The molecule has 1 aromatic rings. The molecule has 0 radical (unpaired) electrons. The van der Waals surface area contributed by atoms with Crippen molar-refractivity contribution < 1.29 is 9.53 Å². The van der Waals surface area contributed by atoms with Gasteiger partial charge < -0.3 is 10.1 Å². The van der Waals surface area contributed by atoms with Crippen molar-refractivity contribution in [3.8, 4) is 0 Å². The van der Waals surface area contributed by atoms with Gasteiger partial charge in [-0.25, -0.2) is 0 Å².